The molecule has 0 aromatic heterocycles. The molecular formula is C17H22N2. The fourth-order valence-corrected chi connectivity index (χ4v) is 2.51. The van der Waals surface area contributed by atoms with E-state index in [4.69, 9.17) is 0 Å². The van der Waals surface area contributed by atoms with Gasteiger partial charge in [-0.2, -0.15) is 5.10 Å². The second-order valence-corrected chi connectivity index (χ2v) is 4.84. The van der Waals surface area contributed by atoms with Crippen LogP contribution in [-0.2, 0) is 0 Å². The Balaban J connectivity index is 2.39. The van der Waals surface area contributed by atoms with Crippen LogP contribution >= 0.6 is 0 Å². The molecule has 2 nitrogen and oxygen atoms in total. The van der Waals surface area contributed by atoms with E-state index in [0.717, 1.165) is 18.6 Å². The number of rotatable bonds is 4. The van der Waals surface area contributed by atoms with Gasteiger partial charge in [0, 0.05) is 12.6 Å². The van der Waals surface area contributed by atoms with Crippen LogP contribution in [-0.4, -0.2) is 12.8 Å². The molecule has 0 heterocycles. The molecule has 1 N–H and O–H groups in total. The molecule has 1 aliphatic carbocycles. The second-order valence-electron chi connectivity index (χ2n) is 4.84. The first-order chi connectivity index (χ1) is 9.26. The lowest BCUT2D eigenvalue weighted by Crippen LogP contribution is -2.06. The van der Waals surface area contributed by atoms with Crippen LogP contribution < -0.4 is 5.43 Å². The third kappa shape index (κ3) is 3.14. The summed E-state index contributed by atoms with van der Waals surface area (Å²) in [6.45, 7) is 4.27. The summed E-state index contributed by atoms with van der Waals surface area (Å²) in [4.78, 5) is 0. The summed E-state index contributed by atoms with van der Waals surface area (Å²) in [5.41, 5.74) is 9.39. The zero-order chi connectivity index (χ0) is 13.7. The van der Waals surface area contributed by atoms with Gasteiger partial charge in [-0.1, -0.05) is 48.9 Å². The Morgan fingerprint density at radius 1 is 1.21 bits per heavy atom. The number of hydrogen-bond donors (Lipinski definition) is 1. The Morgan fingerprint density at radius 3 is 2.63 bits per heavy atom. The predicted octanol–water partition coefficient (Wildman–Crippen LogP) is 4.14. The minimum absolute atomic E-state index is 1.03. The van der Waals surface area contributed by atoms with Gasteiger partial charge in [-0.25, -0.2) is 0 Å². The molecule has 1 aromatic rings. The largest absolute Gasteiger partial charge is 0.313 e. The lowest BCUT2D eigenvalue weighted by atomic mass is 9.89. The Bertz CT molecular complexity index is 536. The van der Waals surface area contributed by atoms with E-state index in [1.54, 1.807) is 5.57 Å². The molecule has 1 aliphatic rings. The lowest BCUT2D eigenvalue weighted by Gasteiger charge is -2.17. The third-order valence-corrected chi connectivity index (χ3v) is 3.63. The van der Waals surface area contributed by atoms with Crippen molar-refractivity contribution in [1.82, 2.24) is 5.43 Å². The number of benzene rings is 1. The van der Waals surface area contributed by atoms with E-state index in [2.05, 4.69) is 53.9 Å². The van der Waals surface area contributed by atoms with E-state index in [-0.39, 0.29) is 0 Å². The number of hydrogen-bond acceptors (Lipinski definition) is 2. The summed E-state index contributed by atoms with van der Waals surface area (Å²) in [6.07, 6.45) is 8.02. The van der Waals surface area contributed by atoms with Crippen LogP contribution in [0.4, 0.5) is 0 Å². The molecule has 2 rings (SSSR count). The number of allylic oxidation sites excluding steroid dienone is 4. The highest BCUT2D eigenvalue weighted by molar-refractivity contribution is 6.02. The minimum Gasteiger partial charge on any atom is -0.313 e. The monoisotopic (exact) mass is 254 g/mol. The van der Waals surface area contributed by atoms with Crippen LogP contribution in [0.3, 0.4) is 0 Å². The third-order valence-electron chi connectivity index (χ3n) is 3.63. The van der Waals surface area contributed by atoms with Gasteiger partial charge in [0.1, 0.15) is 0 Å². The highest BCUT2D eigenvalue weighted by atomic mass is 15.3. The van der Waals surface area contributed by atoms with Crippen LogP contribution in [0.2, 0.25) is 0 Å². The fraction of sp³-hybridized carbons (Fsp3) is 0.353. The average molecular weight is 254 g/mol. The molecule has 0 fully saturated rings. The Labute approximate surface area is 115 Å². The number of hydrazone groups is 1. The van der Waals surface area contributed by atoms with Gasteiger partial charge in [-0.05, 0) is 37.3 Å². The van der Waals surface area contributed by atoms with Gasteiger partial charge in [0.05, 0.1) is 5.71 Å². The SMILES string of the molecule is CCC1=CC=C(c2ccccc2/C(C)=N/NC)CC1. The zero-order valence-corrected chi connectivity index (χ0v) is 12.0. The minimum atomic E-state index is 1.03. The average Bonchev–Trinajstić information content (AvgIpc) is 2.47. The molecule has 19 heavy (non-hydrogen) atoms. The van der Waals surface area contributed by atoms with Gasteiger partial charge in [0.25, 0.3) is 0 Å². The standard InChI is InChI=1S/C17H22N2/c1-4-14-9-11-15(12-10-14)17-8-6-5-7-16(17)13(2)19-18-3/h5-9,11,18H,4,10,12H2,1-3H3/b19-13+. The van der Waals surface area contributed by atoms with Gasteiger partial charge < -0.3 is 5.43 Å². The highest BCUT2D eigenvalue weighted by Gasteiger charge is 2.12. The van der Waals surface area contributed by atoms with Crippen LogP contribution in [0.1, 0.15) is 44.2 Å². The molecule has 0 bridgehead atoms. The summed E-state index contributed by atoms with van der Waals surface area (Å²) < 4.78 is 0. The highest BCUT2D eigenvalue weighted by Crippen LogP contribution is 2.30. The molecule has 0 atom stereocenters. The maximum atomic E-state index is 4.31. The molecule has 0 aliphatic heterocycles. The Hall–Kier alpha value is -1.83. The summed E-state index contributed by atoms with van der Waals surface area (Å²) in [5.74, 6) is 0. The van der Waals surface area contributed by atoms with E-state index >= 15 is 0 Å². The van der Waals surface area contributed by atoms with Crippen molar-refractivity contribution >= 4 is 11.3 Å². The van der Waals surface area contributed by atoms with Crippen LogP contribution in [0.5, 0.6) is 0 Å². The zero-order valence-electron chi connectivity index (χ0n) is 12.0. The van der Waals surface area contributed by atoms with E-state index in [0.29, 0.717) is 0 Å². The summed E-state index contributed by atoms with van der Waals surface area (Å²) in [6, 6.07) is 8.52. The molecule has 0 saturated carbocycles. The molecule has 1 aromatic carbocycles. The van der Waals surface area contributed by atoms with Gasteiger partial charge in [-0.15, -0.1) is 0 Å². The number of nitrogens with zero attached hydrogens (tertiary/aromatic N) is 1. The van der Waals surface area contributed by atoms with Crippen molar-refractivity contribution in [2.24, 2.45) is 5.10 Å². The fourth-order valence-electron chi connectivity index (χ4n) is 2.51. The molecule has 100 valence electrons. The number of nitrogens with one attached hydrogen (secondary N) is 1. The van der Waals surface area contributed by atoms with Crippen molar-refractivity contribution in [3.05, 3.63) is 53.1 Å². The van der Waals surface area contributed by atoms with Crippen molar-refractivity contribution < 1.29 is 0 Å². The molecular weight excluding hydrogens is 232 g/mol. The molecule has 0 spiro atoms. The van der Waals surface area contributed by atoms with Crippen molar-refractivity contribution in [3.8, 4) is 0 Å². The topological polar surface area (TPSA) is 24.4 Å². The first-order valence-corrected chi connectivity index (χ1v) is 6.95. The molecule has 0 saturated heterocycles. The first kappa shape index (κ1) is 13.6. The molecule has 2 heteroatoms. The van der Waals surface area contributed by atoms with E-state index < -0.39 is 0 Å². The summed E-state index contributed by atoms with van der Waals surface area (Å²) in [5, 5.41) is 4.31. The van der Waals surface area contributed by atoms with Crippen molar-refractivity contribution in [1.29, 1.82) is 0 Å². The van der Waals surface area contributed by atoms with E-state index in [1.165, 1.54) is 23.1 Å². The molecule has 0 amide bonds. The molecule has 0 unspecified atom stereocenters. The van der Waals surface area contributed by atoms with Gasteiger partial charge in [-0.3, -0.25) is 0 Å². The van der Waals surface area contributed by atoms with Gasteiger partial charge in [0.15, 0.2) is 0 Å². The van der Waals surface area contributed by atoms with Crippen LogP contribution in [0.15, 0.2) is 47.1 Å². The van der Waals surface area contributed by atoms with Crippen LogP contribution in [0.25, 0.3) is 5.57 Å². The smallest absolute Gasteiger partial charge is 0.0650 e. The maximum Gasteiger partial charge on any atom is 0.0650 e. The van der Waals surface area contributed by atoms with E-state index in [1.807, 2.05) is 14.0 Å². The Morgan fingerprint density at radius 2 is 2.00 bits per heavy atom. The maximum absolute atomic E-state index is 4.31. The van der Waals surface area contributed by atoms with E-state index in [9.17, 15) is 0 Å². The second kappa shape index (κ2) is 6.37. The molecule has 0 radical (unpaired) electrons. The van der Waals surface area contributed by atoms with Crippen LogP contribution in [0, 0.1) is 0 Å². The first-order valence-electron chi connectivity index (χ1n) is 6.95. The summed E-state index contributed by atoms with van der Waals surface area (Å²) >= 11 is 0. The normalized spacial score (nSPS) is 15.8. The van der Waals surface area contributed by atoms with Gasteiger partial charge in [0.2, 0.25) is 0 Å². The lowest BCUT2D eigenvalue weighted by molar-refractivity contribution is 0.897. The predicted molar refractivity (Wildman–Crippen MR) is 83.3 cm³/mol. The van der Waals surface area contributed by atoms with Crippen molar-refractivity contribution in [3.63, 3.8) is 0 Å². The van der Waals surface area contributed by atoms with Crippen molar-refractivity contribution in [2.45, 2.75) is 33.1 Å². The van der Waals surface area contributed by atoms with Gasteiger partial charge >= 0.3 is 0 Å². The van der Waals surface area contributed by atoms with Crippen molar-refractivity contribution in [2.75, 3.05) is 7.05 Å². The quantitative estimate of drug-likeness (QED) is 0.633. The summed E-state index contributed by atoms with van der Waals surface area (Å²) in [7, 11) is 1.84. The Kier molecular flexibility index (Phi) is 4.56.